The molecule has 0 saturated carbocycles. The number of piperazine rings is 1. The Bertz CT molecular complexity index is 614. The third-order valence-electron chi connectivity index (χ3n) is 4.95. The first-order valence-electron chi connectivity index (χ1n) is 8.60. The molecule has 1 aromatic heterocycles. The monoisotopic (exact) mass is 349 g/mol. The van der Waals surface area contributed by atoms with Crippen LogP contribution in [0, 0.1) is 5.92 Å². The molecule has 8 heteroatoms. The lowest BCUT2D eigenvalue weighted by atomic mass is 9.97. The highest BCUT2D eigenvalue weighted by Gasteiger charge is 2.29. The number of carbonyl (C=O) groups is 3. The van der Waals surface area contributed by atoms with E-state index in [0.29, 0.717) is 64.4 Å². The molecule has 0 unspecified atom stereocenters. The Labute approximate surface area is 146 Å². The van der Waals surface area contributed by atoms with E-state index in [9.17, 15) is 14.4 Å². The number of aliphatic carboxylic acids is 1. The number of carboxylic acids is 1. The average Bonchev–Trinajstić information content (AvgIpc) is 3.16. The van der Waals surface area contributed by atoms with Crippen LogP contribution in [0.4, 0.5) is 0 Å². The number of hydrogen-bond donors (Lipinski definition) is 1. The smallest absolute Gasteiger partial charge is 0.306 e. The molecule has 1 N–H and O–H groups in total. The van der Waals surface area contributed by atoms with Gasteiger partial charge in [-0.25, -0.2) is 0 Å². The van der Waals surface area contributed by atoms with Crippen molar-refractivity contribution < 1.29 is 23.9 Å². The molecule has 3 heterocycles. The predicted octanol–water partition coefficient (Wildman–Crippen LogP) is 0.361. The van der Waals surface area contributed by atoms with Crippen LogP contribution in [0.25, 0.3) is 0 Å². The van der Waals surface area contributed by atoms with Crippen LogP contribution >= 0.6 is 0 Å². The molecule has 0 aliphatic carbocycles. The minimum atomic E-state index is -0.774. The van der Waals surface area contributed by atoms with E-state index >= 15 is 0 Å². The molecule has 0 radical (unpaired) electrons. The van der Waals surface area contributed by atoms with E-state index in [2.05, 4.69) is 0 Å². The SMILES string of the molecule is O=C(O)C1CCN(C(=O)CN2CCN(C(=O)c3ccco3)CC2)CC1. The summed E-state index contributed by atoms with van der Waals surface area (Å²) >= 11 is 0. The second-order valence-corrected chi connectivity index (χ2v) is 6.54. The van der Waals surface area contributed by atoms with Crippen molar-refractivity contribution in [1.82, 2.24) is 14.7 Å². The van der Waals surface area contributed by atoms with Crippen LogP contribution in [0.1, 0.15) is 23.4 Å². The third-order valence-corrected chi connectivity index (χ3v) is 4.95. The Kier molecular flexibility index (Phi) is 5.37. The van der Waals surface area contributed by atoms with Crippen LogP contribution in [0.15, 0.2) is 22.8 Å². The summed E-state index contributed by atoms with van der Waals surface area (Å²) in [4.78, 5) is 41.1. The summed E-state index contributed by atoms with van der Waals surface area (Å²) in [6.45, 7) is 3.75. The molecule has 3 rings (SSSR count). The van der Waals surface area contributed by atoms with Gasteiger partial charge in [-0.3, -0.25) is 19.3 Å². The molecular weight excluding hydrogens is 326 g/mol. The van der Waals surface area contributed by atoms with E-state index in [1.807, 2.05) is 4.90 Å². The average molecular weight is 349 g/mol. The molecule has 2 fully saturated rings. The van der Waals surface area contributed by atoms with Gasteiger partial charge in [-0.1, -0.05) is 0 Å². The minimum absolute atomic E-state index is 0.0367. The van der Waals surface area contributed by atoms with Crippen molar-refractivity contribution in [2.24, 2.45) is 5.92 Å². The van der Waals surface area contributed by atoms with E-state index in [0.717, 1.165) is 0 Å². The summed E-state index contributed by atoms with van der Waals surface area (Å²) in [5, 5.41) is 9.01. The summed E-state index contributed by atoms with van der Waals surface area (Å²) in [5.74, 6) is -0.850. The van der Waals surface area contributed by atoms with Gasteiger partial charge >= 0.3 is 5.97 Å². The van der Waals surface area contributed by atoms with Gasteiger partial charge in [0.1, 0.15) is 0 Å². The topological polar surface area (TPSA) is 94.3 Å². The maximum Gasteiger partial charge on any atom is 0.306 e. The van der Waals surface area contributed by atoms with Gasteiger partial charge in [-0.05, 0) is 25.0 Å². The van der Waals surface area contributed by atoms with Gasteiger partial charge in [0.05, 0.1) is 18.7 Å². The van der Waals surface area contributed by atoms with E-state index in [4.69, 9.17) is 9.52 Å². The highest BCUT2D eigenvalue weighted by Crippen LogP contribution is 2.18. The number of likely N-dealkylation sites (tertiary alicyclic amines) is 1. The number of nitrogens with zero attached hydrogens (tertiary/aromatic N) is 3. The van der Waals surface area contributed by atoms with Gasteiger partial charge in [0.2, 0.25) is 5.91 Å². The lowest BCUT2D eigenvalue weighted by Crippen LogP contribution is -2.52. The molecule has 0 aromatic carbocycles. The molecule has 25 heavy (non-hydrogen) atoms. The quantitative estimate of drug-likeness (QED) is 0.843. The molecule has 8 nitrogen and oxygen atoms in total. The molecule has 2 aliphatic heterocycles. The second-order valence-electron chi connectivity index (χ2n) is 6.54. The number of carboxylic acid groups (broad SMARTS) is 1. The molecule has 0 atom stereocenters. The Hall–Kier alpha value is -2.35. The number of hydrogen-bond acceptors (Lipinski definition) is 5. The van der Waals surface area contributed by atoms with Crippen molar-refractivity contribution in [3.63, 3.8) is 0 Å². The Morgan fingerprint density at radius 1 is 1.04 bits per heavy atom. The van der Waals surface area contributed by atoms with Crippen molar-refractivity contribution in [1.29, 1.82) is 0 Å². The van der Waals surface area contributed by atoms with Gasteiger partial charge in [0, 0.05) is 39.3 Å². The highest BCUT2D eigenvalue weighted by molar-refractivity contribution is 5.91. The van der Waals surface area contributed by atoms with Gasteiger partial charge in [0.15, 0.2) is 5.76 Å². The van der Waals surface area contributed by atoms with Crippen molar-refractivity contribution in [2.45, 2.75) is 12.8 Å². The zero-order valence-corrected chi connectivity index (χ0v) is 14.1. The molecular formula is C17H23N3O5. The van der Waals surface area contributed by atoms with E-state index in [-0.39, 0.29) is 17.7 Å². The molecule has 0 bridgehead atoms. The van der Waals surface area contributed by atoms with Crippen LogP contribution < -0.4 is 0 Å². The Morgan fingerprint density at radius 2 is 1.72 bits per heavy atom. The standard InChI is InChI=1S/C17H23N3O5/c21-15(19-5-3-13(4-6-19)17(23)24)12-18-7-9-20(10-8-18)16(22)14-2-1-11-25-14/h1-2,11,13H,3-10,12H2,(H,23,24). The first kappa shape index (κ1) is 17.5. The third kappa shape index (κ3) is 4.19. The van der Waals surface area contributed by atoms with Crippen molar-refractivity contribution in [3.8, 4) is 0 Å². The van der Waals surface area contributed by atoms with Crippen molar-refractivity contribution in [2.75, 3.05) is 45.8 Å². The first-order chi connectivity index (χ1) is 12.0. The van der Waals surface area contributed by atoms with Crippen LogP contribution in [0.3, 0.4) is 0 Å². The van der Waals surface area contributed by atoms with Gasteiger partial charge < -0.3 is 19.3 Å². The van der Waals surface area contributed by atoms with Crippen molar-refractivity contribution >= 4 is 17.8 Å². The molecule has 2 amide bonds. The normalized spacial score (nSPS) is 19.8. The number of rotatable bonds is 4. The van der Waals surface area contributed by atoms with Crippen LogP contribution in [0.2, 0.25) is 0 Å². The summed E-state index contributed by atoms with van der Waals surface area (Å²) in [7, 11) is 0. The Morgan fingerprint density at radius 3 is 2.28 bits per heavy atom. The largest absolute Gasteiger partial charge is 0.481 e. The van der Waals surface area contributed by atoms with Crippen LogP contribution in [0.5, 0.6) is 0 Å². The zero-order valence-electron chi connectivity index (χ0n) is 14.1. The molecule has 1 aromatic rings. The summed E-state index contributed by atoms with van der Waals surface area (Å²) in [5.41, 5.74) is 0. The number of furan rings is 1. The highest BCUT2D eigenvalue weighted by atomic mass is 16.4. The predicted molar refractivity (Wildman–Crippen MR) is 88.0 cm³/mol. The van der Waals surface area contributed by atoms with Crippen LogP contribution in [-0.4, -0.2) is 83.4 Å². The molecule has 2 aliphatic rings. The minimum Gasteiger partial charge on any atom is -0.481 e. The summed E-state index contributed by atoms with van der Waals surface area (Å²) in [6.07, 6.45) is 2.52. The number of amides is 2. The fraction of sp³-hybridized carbons (Fsp3) is 0.588. The molecule has 2 saturated heterocycles. The summed E-state index contributed by atoms with van der Waals surface area (Å²) in [6, 6.07) is 3.34. The van der Waals surface area contributed by atoms with Crippen molar-refractivity contribution in [3.05, 3.63) is 24.2 Å². The summed E-state index contributed by atoms with van der Waals surface area (Å²) < 4.78 is 5.14. The maximum atomic E-state index is 12.4. The number of piperidine rings is 1. The second kappa shape index (κ2) is 7.69. The first-order valence-corrected chi connectivity index (χ1v) is 8.60. The molecule has 0 spiro atoms. The Balaban J connectivity index is 1.42. The van der Waals surface area contributed by atoms with E-state index in [1.54, 1.807) is 21.9 Å². The van der Waals surface area contributed by atoms with Crippen LogP contribution in [-0.2, 0) is 9.59 Å². The lowest BCUT2D eigenvalue weighted by Gasteiger charge is -2.36. The van der Waals surface area contributed by atoms with E-state index < -0.39 is 5.97 Å². The van der Waals surface area contributed by atoms with E-state index in [1.165, 1.54) is 6.26 Å². The number of carbonyl (C=O) groups excluding carboxylic acids is 2. The van der Waals surface area contributed by atoms with Gasteiger partial charge in [-0.2, -0.15) is 0 Å². The lowest BCUT2D eigenvalue weighted by molar-refractivity contribution is -0.146. The fourth-order valence-electron chi connectivity index (χ4n) is 3.33. The zero-order chi connectivity index (χ0) is 17.8. The van der Waals surface area contributed by atoms with Gasteiger partial charge in [-0.15, -0.1) is 0 Å². The fourth-order valence-corrected chi connectivity index (χ4v) is 3.33. The maximum absolute atomic E-state index is 12.4. The van der Waals surface area contributed by atoms with Gasteiger partial charge in [0.25, 0.3) is 5.91 Å². The molecule has 136 valence electrons.